The second-order valence-electron chi connectivity index (χ2n) is 4.35. The highest BCUT2D eigenvalue weighted by atomic mass is 17.2. The molecule has 5 heteroatoms. The highest BCUT2D eigenvalue weighted by molar-refractivity contribution is 5.88. The average Bonchev–Trinajstić information content (AvgIpc) is 2.44. The molecular formula is C14H22O5. The zero-order chi connectivity index (χ0) is 14.3. The normalized spacial score (nSPS) is 20.4. The summed E-state index contributed by atoms with van der Waals surface area (Å²) in [6, 6.07) is 0. The van der Waals surface area contributed by atoms with Crippen LogP contribution >= 0.6 is 0 Å². The van der Waals surface area contributed by atoms with E-state index in [0.29, 0.717) is 6.61 Å². The minimum atomic E-state index is -0.541. The van der Waals surface area contributed by atoms with Crippen molar-refractivity contribution in [1.29, 1.82) is 0 Å². The highest BCUT2D eigenvalue weighted by Crippen LogP contribution is 2.21. The molecule has 0 aromatic carbocycles. The lowest BCUT2D eigenvalue weighted by Crippen LogP contribution is -2.23. The van der Waals surface area contributed by atoms with Crippen molar-refractivity contribution in [3.8, 4) is 0 Å². The Morgan fingerprint density at radius 2 is 2.32 bits per heavy atom. The van der Waals surface area contributed by atoms with Crippen molar-refractivity contribution in [2.75, 3.05) is 13.7 Å². The highest BCUT2D eigenvalue weighted by Gasteiger charge is 2.20. The molecule has 0 saturated carbocycles. The predicted octanol–water partition coefficient (Wildman–Crippen LogP) is 2.53. The Labute approximate surface area is 114 Å². The molecule has 0 N–H and O–H groups in total. The van der Waals surface area contributed by atoms with Crippen molar-refractivity contribution >= 4 is 5.97 Å². The van der Waals surface area contributed by atoms with Crippen LogP contribution in [0.3, 0.4) is 0 Å². The standard InChI is InChI=1S/C14H22O5/c1-5-17-14(15)10(2)11(3)18-19-13-8-6-7-12(9-13)16-4/h9,11,13H,2,5-8H2,1,3-4H3. The number of hydrogen-bond donors (Lipinski definition) is 0. The van der Waals surface area contributed by atoms with E-state index in [-0.39, 0.29) is 11.7 Å². The Balaban J connectivity index is 2.39. The predicted molar refractivity (Wildman–Crippen MR) is 70.1 cm³/mol. The average molecular weight is 270 g/mol. The second kappa shape index (κ2) is 7.96. The van der Waals surface area contributed by atoms with E-state index >= 15 is 0 Å². The molecule has 1 aliphatic rings. The number of hydrogen-bond acceptors (Lipinski definition) is 5. The van der Waals surface area contributed by atoms with Crippen LogP contribution in [0, 0.1) is 0 Å². The molecule has 0 aromatic rings. The molecule has 0 fully saturated rings. The third-order valence-electron chi connectivity index (χ3n) is 2.90. The summed E-state index contributed by atoms with van der Waals surface area (Å²) in [6.07, 6.45) is 3.97. The molecule has 2 atom stereocenters. The van der Waals surface area contributed by atoms with Crippen LogP contribution < -0.4 is 0 Å². The van der Waals surface area contributed by atoms with Crippen molar-refractivity contribution < 1.29 is 24.0 Å². The van der Waals surface area contributed by atoms with E-state index in [1.807, 2.05) is 6.08 Å². The molecule has 0 amide bonds. The van der Waals surface area contributed by atoms with Crippen LogP contribution in [0.5, 0.6) is 0 Å². The number of esters is 1. The number of allylic oxidation sites excluding steroid dienone is 1. The van der Waals surface area contributed by atoms with Gasteiger partial charge in [0.15, 0.2) is 0 Å². The number of rotatable bonds is 7. The Bertz CT molecular complexity index is 348. The van der Waals surface area contributed by atoms with Gasteiger partial charge in [-0.15, -0.1) is 0 Å². The van der Waals surface area contributed by atoms with E-state index in [2.05, 4.69) is 6.58 Å². The first-order chi connectivity index (χ1) is 9.08. The fourth-order valence-electron chi connectivity index (χ4n) is 1.70. The maximum absolute atomic E-state index is 11.4. The van der Waals surface area contributed by atoms with Crippen molar-refractivity contribution in [3.05, 3.63) is 24.0 Å². The number of ether oxygens (including phenoxy) is 2. The number of carbonyl (C=O) groups is 1. The van der Waals surface area contributed by atoms with Crippen LogP contribution in [0.1, 0.15) is 33.1 Å². The summed E-state index contributed by atoms with van der Waals surface area (Å²) in [6.45, 7) is 7.40. The Hall–Kier alpha value is -1.33. The maximum Gasteiger partial charge on any atom is 0.336 e. The van der Waals surface area contributed by atoms with Crippen LogP contribution in [-0.2, 0) is 24.0 Å². The first-order valence-electron chi connectivity index (χ1n) is 6.51. The van der Waals surface area contributed by atoms with Gasteiger partial charge < -0.3 is 9.47 Å². The van der Waals surface area contributed by atoms with E-state index < -0.39 is 12.1 Å². The van der Waals surface area contributed by atoms with E-state index in [9.17, 15) is 4.79 Å². The van der Waals surface area contributed by atoms with Gasteiger partial charge in [0, 0.05) is 6.42 Å². The van der Waals surface area contributed by atoms with Gasteiger partial charge in [-0.05, 0) is 32.8 Å². The molecule has 2 unspecified atom stereocenters. The van der Waals surface area contributed by atoms with Crippen LogP contribution in [0.2, 0.25) is 0 Å². The van der Waals surface area contributed by atoms with Gasteiger partial charge in [0.25, 0.3) is 0 Å². The lowest BCUT2D eigenvalue weighted by molar-refractivity contribution is -0.332. The smallest absolute Gasteiger partial charge is 0.336 e. The van der Waals surface area contributed by atoms with Gasteiger partial charge in [0.05, 0.1) is 25.0 Å². The monoisotopic (exact) mass is 270 g/mol. The van der Waals surface area contributed by atoms with Gasteiger partial charge >= 0.3 is 5.97 Å². The van der Waals surface area contributed by atoms with Crippen molar-refractivity contribution in [2.24, 2.45) is 0 Å². The van der Waals surface area contributed by atoms with Crippen LogP contribution in [0.4, 0.5) is 0 Å². The molecule has 0 aliphatic heterocycles. The lowest BCUT2D eigenvalue weighted by atomic mass is 10.0. The molecule has 108 valence electrons. The third kappa shape index (κ3) is 5.04. The summed E-state index contributed by atoms with van der Waals surface area (Å²) >= 11 is 0. The van der Waals surface area contributed by atoms with E-state index in [1.54, 1.807) is 21.0 Å². The zero-order valence-electron chi connectivity index (χ0n) is 11.8. The fourth-order valence-corrected chi connectivity index (χ4v) is 1.70. The molecule has 0 saturated heterocycles. The van der Waals surface area contributed by atoms with E-state index in [4.69, 9.17) is 19.2 Å². The van der Waals surface area contributed by atoms with Gasteiger partial charge in [-0.2, -0.15) is 0 Å². The van der Waals surface area contributed by atoms with Gasteiger partial charge in [0.1, 0.15) is 12.2 Å². The van der Waals surface area contributed by atoms with Gasteiger partial charge in [-0.3, -0.25) is 0 Å². The summed E-state index contributed by atoms with van der Waals surface area (Å²) in [5, 5.41) is 0. The van der Waals surface area contributed by atoms with Gasteiger partial charge in [0.2, 0.25) is 0 Å². The van der Waals surface area contributed by atoms with Crippen LogP contribution in [0.15, 0.2) is 24.0 Å². The molecule has 0 heterocycles. The molecule has 0 aromatic heterocycles. The zero-order valence-corrected chi connectivity index (χ0v) is 11.8. The summed E-state index contributed by atoms with van der Waals surface area (Å²) in [4.78, 5) is 21.9. The number of methoxy groups -OCH3 is 1. The number of carbonyl (C=O) groups excluding carboxylic acids is 1. The Morgan fingerprint density at radius 3 is 2.95 bits per heavy atom. The summed E-state index contributed by atoms with van der Waals surface area (Å²) in [7, 11) is 1.64. The van der Waals surface area contributed by atoms with Gasteiger partial charge in [-0.1, -0.05) is 6.58 Å². The van der Waals surface area contributed by atoms with E-state index in [1.165, 1.54) is 0 Å². The summed E-state index contributed by atoms with van der Waals surface area (Å²) in [5.41, 5.74) is 0.244. The quantitative estimate of drug-likeness (QED) is 0.308. The molecular weight excluding hydrogens is 248 g/mol. The third-order valence-corrected chi connectivity index (χ3v) is 2.90. The molecule has 1 aliphatic carbocycles. The van der Waals surface area contributed by atoms with Crippen molar-refractivity contribution in [2.45, 2.75) is 45.3 Å². The molecule has 5 nitrogen and oxygen atoms in total. The molecule has 0 bridgehead atoms. The van der Waals surface area contributed by atoms with E-state index in [0.717, 1.165) is 25.0 Å². The maximum atomic E-state index is 11.4. The summed E-state index contributed by atoms with van der Waals surface area (Å²) in [5.74, 6) is 0.437. The molecule has 19 heavy (non-hydrogen) atoms. The largest absolute Gasteiger partial charge is 0.501 e. The van der Waals surface area contributed by atoms with Crippen LogP contribution in [0.25, 0.3) is 0 Å². The van der Waals surface area contributed by atoms with Crippen LogP contribution in [-0.4, -0.2) is 31.9 Å². The first kappa shape index (κ1) is 15.7. The minimum absolute atomic E-state index is 0.152. The van der Waals surface area contributed by atoms with Crippen molar-refractivity contribution in [1.82, 2.24) is 0 Å². The lowest BCUT2D eigenvalue weighted by Gasteiger charge is -2.21. The van der Waals surface area contributed by atoms with Crippen molar-refractivity contribution in [3.63, 3.8) is 0 Å². The second-order valence-corrected chi connectivity index (χ2v) is 4.35. The minimum Gasteiger partial charge on any atom is -0.501 e. The topological polar surface area (TPSA) is 54.0 Å². The summed E-state index contributed by atoms with van der Waals surface area (Å²) < 4.78 is 10.0. The Morgan fingerprint density at radius 1 is 1.58 bits per heavy atom. The SMILES string of the molecule is C=C(C(=O)OCC)C(C)OOC1C=C(OC)CCC1. The Kier molecular flexibility index (Phi) is 6.59. The fraction of sp³-hybridized carbons (Fsp3) is 0.643. The first-order valence-corrected chi connectivity index (χ1v) is 6.51. The molecule has 0 radical (unpaired) electrons. The molecule has 0 spiro atoms. The molecule has 1 rings (SSSR count). The van der Waals surface area contributed by atoms with Gasteiger partial charge in [-0.25, -0.2) is 14.6 Å².